The fourth-order valence-electron chi connectivity index (χ4n) is 1.54. The minimum Gasteiger partial charge on any atom is -0.478 e. The number of carbonyl (C=O) groups is 2. The number of hydrogen-bond acceptors (Lipinski definition) is 3. The third kappa shape index (κ3) is 3.18. The van der Waals surface area contributed by atoms with Gasteiger partial charge in [0.15, 0.2) is 0 Å². The molecule has 0 aliphatic heterocycles. The molecule has 0 unspecified atom stereocenters. The van der Waals surface area contributed by atoms with Crippen LogP contribution in [0, 0.1) is 5.95 Å². The number of halogens is 2. The van der Waals surface area contributed by atoms with Gasteiger partial charge in [-0.1, -0.05) is 15.9 Å². The molecule has 102 valence electrons. The standard InChI is InChI=1S/C13H8BrFN2O3/c14-8-4-7(13(19)20)5-9(6-8)17-12(18)10-2-1-3-16-11(10)15/h1-6H,(H,17,18)(H,19,20). The number of carboxylic acid groups (broad SMARTS) is 1. The highest BCUT2D eigenvalue weighted by atomic mass is 79.9. The third-order valence-corrected chi connectivity index (χ3v) is 2.86. The predicted molar refractivity (Wildman–Crippen MR) is 73.2 cm³/mol. The number of carbonyl (C=O) groups excluding carboxylic acids is 1. The van der Waals surface area contributed by atoms with E-state index in [0.29, 0.717) is 4.47 Å². The lowest BCUT2D eigenvalue weighted by molar-refractivity contribution is 0.0696. The molecule has 2 N–H and O–H groups in total. The summed E-state index contributed by atoms with van der Waals surface area (Å²) in [6.07, 6.45) is 1.23. The summed E-state index contributed by atoms with van der Waals surface area (Å²) in [7, 11) is 0. The molecule has 5 nitrogen and oxygen atoms in total. The summed E-state index contributed by atoms with van der Waals surface area (Å²) >= 11 is 3.14. The van der Waals surface area contributed by atoms with Crippen LogP contribution in [0.4, 0.5) is 10.1 Å². The Morgan fingerprint density at radius 1 is 1.30 bits per heavy atom. The molecular weight excluding hydrogens is 331 g/mol. The normalized spacial score (nSPS) is 10.1. The molecule has 0 bridgehead atoms. The quantitative estimate of drug-likeness (QED) is 0.843. The van der Waals surface area contributed by atoms with Gasteiger partial charge in [-0.3, -0.25) is 4.79 Å². The van der Waals surface area contributed by atoms with Crippen LogP contribution in [0.15, 0.2) is 41.0 Å². The van der Waals surface area contributed by atoms with Crippen LogP contribution in [-0.4, -0.2) is 22.0 Å². The van der Waals surface area contributed by atoms with Crippen LogP contribution in [0.3, 0.4) is 0 Å². The molecule has 0 saturated carbocycles. The van der Waals surface area contributed by atoms with E-state index in [9.17, 15) is 14.0 Å². The fraction of sp³-hybridized carbons (Fsp3) is 0. The van der Waals surface area contributed by atoms with Gasteiger partial charge in [-0.05, 0) is 30.3 Å². The molecule has 1 aromatic carbocycles. The van der Waals surface area contributed by atoms with E-state index in [2.05, 4.69) is 26.2 Å². The number of hydrogen-bond donors (Lipinski definition) is 2. The van der Waals surface area contributed by atoms with E-state index in [0.717, 1.165) is 0 Å². The second-order valence-corrected chi connectivity index (χ2v) is 4.75. The number of nitrogens with one attached hydrogen (secondary N) is 1. The largest absolute Gasteiger partial charge is 0.478 e. The average Bonchev–Trinajstić information content (AvgIpc) is 2.38. The summed E-state index contributed by atoms with van der Waals surface area (Å²) in [6, 6.07) is 6.90. The number of pyridine rings is 1. The van der Waals surface area contributed by atoms with Crippen LogP contribution in [0.5, 0.6) is 0 Å². The third-order valence-electron chi connectivity index (χ3n) is 2.41. The number of aromatic carboxylic acids is 1. The van der Waals surface area contributed by atoms with Crippen molar-refractivity contribution < 1.29 is 19.1 Å². The molecule has 7 heteroatoms. The first-order valence-corrected chi connectivity index (χ1v) is 6.22. The van der Waals surface area contributed by atoms with Crippen LogP contribution in [0.25, 0.3) is 0 Å². The van der Waals surface area contributed by atoms with Gasteiger partial charge >= 0.3 is 5.97 Å². The number of aromatic nitrogens is 1. The van der Waals surface area contributed by atoms with Gasteiger partial charge in [0.25, 0.3) is 5.91 Å². The molecule has 2 aromatic rings. The molecule has 0 atom stereocenters. The number of rotatable bonds is 3. The first-order chi connectivity index (χ1) is 9.47. The molecule has 0 radical (unpaired) electrons. The van der Waals surface area contributed by atoms with E-state index < -0.39 is 17.8 Å². The number of carboxylic acids is 1. The number of benzene rings is 1. The average molecular weight is 339 g/mol. The summed E-state index contributed by atoms with van der Waals surface area (Å²) in [6.45, 7) is 0. The van der Waals surface area contributed by atoms with Crippen LogP contribution >= 0.6 is 15.9 Å². The Balaban J connectivity index is 2.28. The highest BCUT2D eigenvalue weighted by Crippen LogP contribution is 2.20. The Morgan fingerprint density at radius 2 is 2.05 bits per heavy atom. The minimum absolute atomic E-state index is 0.00123. The lowest BCUT2D eigenvalue weighted by atomic mass is 10.2. The topological polar surface area (TPSA) is 79.3 Å². The smallest absolute Gasteiger partial charge is 0.335 e. The maximum atomic E-state index is 13.4. The van der Waals surface area contributed by atoms with Crippen molar-refractivity contribution in [3.05, 3.63) is 58.1 Å². The number of nitrogens with zero attached hydrogens (tertiary/aromatic N) is 1. The van der Waals surface area contributed by atoms with Crippen molar-refractivity contribution in [2.24, 2.45) is 0 Å². The zero-order chi connectivity index (χ0) is 14.7. The van der Waals surface area contributed by atoms with E-state index in [1.807, 2.05) is 0 Å². The van der Waals surface area contributed by atoms with Gasteiger partial charge in [-0.2, -0.15) is 4.39 Å². The molecule has 1 heterocycles. The van der Waals surface area contributed by atoms with Gasteiger partial charge in [-0.25, -0.2) is 9.78 Å². The summed E-state index contributed by atoms with van der Waals surface area (Å²) in [5.74, 6) is -2.72. The molecule has 0 aliphatic rings. The lowest BCUT2D eigenvalue weighted by Gasteiger charge is -2.07. The van der Waals surface area contributed by atoms with Crippen LogP contribution in [0.1, 0.15) is 20.7 Å². The highest BCUT2D eigenvalue weighted by molar-refractivity contribution is 9.10. The summed E-state index contributed by atoms with van der Waals surface area (Å²) < 4.78 is 13.8. The Hall–Kier alpha value is -2.28. The van der Waals surface area contributed by atoms with Gasteiger partial charge < -0.3 is 10.4 Å². The maximum absolute atomic E-state index is 13.4. The van der Waals surface area contributed by atoms with Crippen molar-refractivity contribution in [2.75, 3.05) is 5.32 Å². The molecule has 20 heavy (non-hydrogen) atoms. The summed E-state index contributed by atoms with van der Waals surface area (Å²) in [4.78, 5) is 26.2. The summed E-state index contributed by atoms with van der Waals surface area (Å²) in [5.41, 5.74) is 0.0238. The molecule has 1 amide bonds. The van der Waals surface area contributed by atoms with Crippen molar-refractivity contribution in [3.8, 4) is 0 Å². The number of amides is 1. The molecule has 0 fully saturated rings. The minimum atomic E-state index is -1.13. The van der Waals surface area contributed by atoms with E-state index in [1.54, 1.807) is 0 Å². The zero-order valence-corrected chi connectivity index (χ0v) is 11.5. The molecule has 0 spiro atoms. The van der Waals surface area contributed by atoms with Gasteiger partial charge in [0.05, 0.1) is 11.1 Å². The highest BCUT2D eigenvalue weighted by Gasteiger charge is 2.13. The summed E-state index contributed by atoms with van der Waals surface area (Å²) in [5, 5.41) is 11.3. The number of anilines is 1. The van der Waals surface area contributed by atoms with Crippen molar-refractivity contribution in [1.82, 2.24) is 4.98 Å². The first-order valence-electron chi connectivity index (χ1n) is 5.43. The van der Waals surface area contributed by atoms with Crippen LogP contribution in [-0.2, 0) is 0 Å². The molecular formula is C13H8BrFN2O3. The lowest BCUT2D eigenvalue weighted by Crippen LogP contribution is -2.14. The van der Waals surface area contributed by atoms with Gasteiger partial charge in [0.2, 0.25) is 5.95 Å². The Kier molecular flexibility index (Phi) is 4.09. The molecule has 0 saturated heterocycles. The molecule has 0 aliphatic carbocycles. The van der Waals surface area contributed by atoms with Crippen LogP contribution in [0.2, 0.25) is 0 Å². The van der Waals surface area contributed by atoms with Gasteiger partial charge in [0.1, 0.15) is 0 Å². The zero-order valence-electron chi connectivity index (χ0n) is 9.93. The fourth-order valence-corrected chi connectivity index (χ4v) is 2.03. The van der Waals surface area contributed by atoms with E-state index in [4.69, 9.17) is 5.11 Å². The second kappa shape index (κ2) is 5.79. The Labute approximate surface area is 121 Å². The monoisotopic (exact) mass is 338 g/mol. The first kappa shape index (κ1) is 14.1. The Morgan fingerprint density at radius 3 is 2.70 bits per heavy atom. The maximum Gasteiger partial charge on any atom is 0.335 e. The molecule has 1 aromatic heterocycles. The SMILES string of the molecule is O=C(O)c1cc(Br)cc(NC(=O)c2cccnc2F)c1. The van der Waals surface area contributed by atoms with Gasteiger partial charge in [-0.15, -0.1) is 0 Å². The predicted octanol–water partition coefficient (Wildman–Crippen LogP) is 2.93. The molecule has 2 rings (SSSR count). The van der Waals surface area contributed by atoms with Crippen molar-refractivity contribution >= 4 is 33.5 Å². The van der Waals surface area contributed by atoms with Crippen molar-refractivity contribution in [1.29, 1.82) is 0 Å². The van der Waals surface area contributed by atoms with Crippen LogP contribution < -0.4 is 5.32 Å². The van der Waals surface area contributed by atoms with Gasteiger partial charge in [0, 0.05) is 16.4 Å². The van der Waals surface area contributed by atoms with E-state index in [1.165, 1.54) is 36.5 Å². The van der Waals surface area contributed by atoms with Crippen molar-refractivity contribution in [2.45, 2.75) is 0 Å². The van der Waals surface area contributed by atoms with Crippen molar-refractivity contribution in [3.63, 3.8) is 0 Å². The second-order valence-electron chi connectivity index (χ2n) is 3.83. The van der Waals surface area contributed by atoms with E-state index >= 15 is 0 Å². The van der Waals surface area contributed by atoms with E-state index in [-0.39, 0.29) is 16.8 Å². The Bertz CT molecular complexity index is 691.